The molecule has 0 radical (unpaired) electrons. The standard InChI is InChI=1S/C15H20O3/c1-10-8-14(17-2)15(18-3)9-13(10)11-4-6-12(16)7-5-11/h8-9,11H,4-7H2,1-3H3. The van der Waals surface area contributed by atoms with Crippen molar-refractivity contribution < 1.29 is 14.3 Å². The summed E-state index contributed by atoms with van der Waals surface area (Å²) in [4.78, 5) is 11.3. The molecule has 0 aliphatic heterocycles. The van der Waals surface area contributed by atoms with Crippen LogP contribution in [0.5, 0.6) is 11.5 Å². The van der Waals surface area contributed by atoms with Crippen LogP contribution in [0.25, 0.3) is 0 Å². The largest absolute Gasteiger partial charge is 0.493 e. The van der Waals surface area contributed by atoms with Crippen LogP contribution in [0.2, 0.25) is 0 Å². The van der Waals surface area contributed by atoms with Gasteiger partial charge in [-0.2, -0.15) is 0 Å². The number of carbonyl (C=O) groups excluding carboxylic acids is 1. The lowest BCUT2D eigenvalue weighted by atomic mass is 9.81. The minimum absolute atomic E-state index is 0.393. The molecule has 0 bridgehead atoms. The Labute approximate surface area is 108 Å². The van der Waals surface area contributed by atoms with Gasteiger partial charge in [-0.1, -0.05) is 0 Å². The number of carbonyl (C=O) groups is 1. The number of Topliss-reactive ketones (excluding diaryl/α,β-unsaturated/α-hetero) is 1. The van der Waals surface area contributed by atoms with Crippen molar-refractivity contribution >= 4 is 5.78 Å². The van der Waals surface area contributed by atoms with Gasteiger partial charge in [-0.3, -0.25) is 4.79 Å². The molecule has 0 spiro atoms. The van der Waals surface area contributed by atoms with Crippen molar-refractivity contribution in [3.8, 4) is 11.5 Å². The lowest BCUT2D eigenvalue weighted by molar-refractivity contribution is -0.120. The highest BCUT2D eigenvalue weighted by atomic mass is 16.5. The lowest BCUT2D eigenvalue weighted by Crippen LogP contribution is -2.13. The van der Waals surface area contributed by atoms with Crippen LogP contribution in [-0.2, 0) is 4.79 Å². The van der Waals surface area contributed by atoms with Crippen LogP contribution in [0, 0.1) is 6.92 Å². The zero-order valence-electron chi connectivity index (χ0n) is 11.3. The fraction of sp³-hybridized carbons (Fsp3) is 0.533. The van der Waals surface area contributed by atoms with Crippen molar-refractivity contribution in [2.45, 2.75) is 38.5 Å². The molecule has 0 amide bonds. The third-order valence-electron chi connectivity index (χ3n) is 3.76. The third kappa shape index (κ3) is 2.50. The number of hydrogen-bond donors (Lipinski definition) is 0. The minimum Gasteiger partial charge on any atom is -0.493 e. The fourth-order valence-electron chi connectivity index (χ4n) is 2.69. The topological polar surface area (TPSA) is 35.5 Å². The number of aryl methyl sites for hydroxylation is 1. The molecule has 1 fully saturated rings. The van der Waals surface area contributed by atoms with Crippen molar-refractivity contribution in [1.29, 1.82) is 0 Å². The van der Waals surface area contributed by atoms with Gasteiger partial charge < -0.3 is 9.47 Å². The summed E-state index contributed by atoms with van der Waals surface area (Å²) in [5.41, 5.74) is 2.51. The molecule has 0 atom stereocenters. The van der Waals surface area contributed by atoms with Gasteiger partial charge >= 0.3 is 0 Å². The molecule has 3 heteroatoms. The zero-order valence-corrected chi connectivity index (χ0v) is 11.3. The van der Waals surface area contributed by atoms with Gasteiger partial charge in [0.2, 0.25) is 0 Å². The van der Waals surface area contributed by atoms with E-state index in [9.17, 15) is 4.79 Å². The molecule has 3 nitrogen and oxygen atoms in total. The van der Waals surface area contributed by atoms with Gasteiger partial charge in [0.25, 0.3) is 0 Å². The highest BCUT2D eigenvalue weighted by Gasteiger charge is 2.22. The first kappa shape index (κ1) is 12.9. The van der Waals surface area contributed by atoms with Gasteiger partial charge in [-0.05, 0) is 48.9 Å². The Morgan fingerprint density at radius 1 is 1.06 bits per heavy atom. The molecular weight excluding hydrogens is 228 g/mol. The second kappa shape index (κ2) is 5.42. The number of rotatable bonds is 3. The summed E-state index contributed by atoms with van der Waals surface area (Å²) < 4.78 is 10.6. The molecule has 1 saturated carbocycles. The second-order valence-corrected chi connectivity index (χ2v) is 4.88. The summed E-state index contributed by atoms with van der Waals surface area (Å²) in [6.45, 7) is 2.09. The quantitative estimate of drug-likeness (QED) is 0.823. The van der Waals surface area contributed by atoms with Crippen LogP contribution in [0.1, 0.15) is 42.7 Å². The Morgan fingerprint density at radius 3 is 2.17 bits per heavy atom. The van der Waals surface area contributed by atoms with Crippen molar-refractivity contribution in [1.82, 2.24) is 0 Å². The van der Waals surface area contributed by atoms with Crippen LogP contribution in [0.4, 0.5) is 0 Å². The molecule has 98 valence electrons. The van der Waals surface area contributed by atoms with E-state index < -0.39 is 0 Å². The normalized spacial score (nSPS) is 16.7. The predicted molar refractivity (Wildman–Crippen MR) is 70.5 cm³/mol. The van der Waals surface area contributed by atoms with E-state index in [4.69, 9.17) is 9.47 Å². The van der Waals surface area contributed by atoms with Gasteiger partial charge in [0.15, 0.2) is 11.5 Å². The molecule has 2 rings (SSSR count). The van der Waals surface area contributed by atoms with Crippen molar-refractivity contribution in [3.05, 3.63) is 23.3 Å². The number of benzene rings is 1. The first-order valence-electron chi connectivity index (χ1n) is 6.40. The number of hydrogen-bond acceptors (Lipinski definition) is 3. The summed E-state index contributed by atoms with van der Waals surface area (Å²) in [7, 11) is 3.30. The number of methoxy groups -OCH3 is 2. The maximum absolute atomic E-state index is 11.3. The van der Waals surface area contributed by atoms with E-state index in [1.54, 1.807) is 14.2 Å². The molecule has 0 saturated heterocycles. The van der Waals surface area contributed by atoms with E-state index >= 15 is 0 Å². The maximum Gasteiger partial charge on any atom is 0.161 e. The van der Waals surface area contributed by atoms with Gasteiger partial charge in [-0.25, -0.2) is 0 Å². The SMILES string of the molecule is COc1cc(C)c(C2CCC(=O)CC2)cc1OC. The summed E-state index contributed by atoms with van der Waals surface area (Å²) in [5.74, 6) is 2.41. The first-order valence-corrected chi connectivity index (χ1v) is 6.40. The summed E-state index contributed by atoms with van der Waals surface area (Å²) >= 11 is 0. The molecule has 1 aromatic rings. The smallest absolute Gasteiger partial charge is 0.161 e. The molecule has 0 aromatic heterocycles. The minimum atomic E-state index is 0.393. The maximum atomic E-state index is 11.3. The van der Waals surface area contributed by atoms with Crippen LogP contribution in [0.15, 0.2) is 12.1 Å². The van der Waals surface area contributed by atoms with Crippen LogP contribution >= 0.6 is 0 Å². The summed E-state index contributed by atoms with van der Waals surface area (Å²) in [6, 6.07) is 4.08. The first-order chi connectivity index (χ1) is 8.65. The van der Waals surface area contributed by atoms with E-state index in [1.807, 2.05) is 6.07 Å². The van der Waals surface area contributed by atoms with E-state index in [-0.39, 0.29) is 0 Å². The summed E-state index contributed by atoms with van der Waals surface area (Å²) in [5, 5.41) is 0. The summed E-state index contributed by atoms with van der Waals surface area (Å²) in [6.07, 6.45) is 3.32. The average Bonchev–Trinajstić information content (AvgIpc) is 2.39. The zero-order chi connectivity index (χ0) is 13.1. The lowest BCUT2D eigenvalue weighted by Gasteiger charge is -2.24. The third-order valence-corrected chi connectivity index (χ3v) is 3.76. The Balaban J connectivity index is 2.30. The Morgan fingerprint density at radius 2 is 1.61 bits per heavy atom. The van der Waals surface area contributed by atoms with Gasteiger partial charge in [0, 0.05) is 12.8 Å². The highest BCUT2D eigenvalue weighted by molar-refractivity contribution is 5.79. The molecule has 1 aliphatic rings. The van der Waals surface area contributed by atoms with Crippen molar-refractivity contribution in [2.24, 2.45) is 0 Å². The molecule has 0 unspecified atom stereocenters. The van der Waals surface area contributed by atoms with Gasteiger partial charge in [0.05, 0.1) is 14.2 Å². The van der Waals surface area contributed by atoms with Crippen LogP contribution in [0.3, 0.4) is 0 Å². The molecule has 0 N–H and O–H groups in total. The fourth-order valence-corrected chi connectivity index (χ4v) is 2.69. The Hall–Kier alpha value is -1.51. The predicted octanol–water partition coefficient (Wildman–Crippen LogP) is 3.24. The molecule has 1 aromatic carbocycles. The van der Waals surface area contributed by atoms with Crippen LogP contribution in [-0.4, -0.2) is 20.0 Å². The number of ether oxygens (including phenoxy) is 2. The van der Waals surface area contributed by atoms with E-state index in [0.717, 1.165) is 24.3 Å². The van der Waals surface area contributed by atoms with E-state index in [2.05, 4.69) is 13.0 Å². The monoisotopic (exact) mass is 248 g/mol. The molecular formula is C15H20O3. The van der Waals surface area contributed by atoms with Crippen molar-refractivity contribution in [2.75, 3.05) is 14.2 Å². The van der Waals surface area contributed by atoms with Gasteiger partial charge in [0.1, 0.15) is 5.78 Å². The van der Waals surface area contributed by atoms with Gasteiger partial charge in [-0.15, -0.1) is 0 Å². The molecule has 0 heterocycles. The Kier molecular flexibility index (Phi) is 3.90. The average molecular weight is 248 g/mol. The van der Waals surface area contributed by atoms with E-state index in [1.165, 1.54) is 11.1 Å². The molecule has 18 heavy (non-hydrogen) atoms. The van der Waals surface area contributed by atoms with E-state index in [0.29, 0.717) is 24.5 Å². The second-order valence-electron chi connectivity index (χ2n) is 4.88. The molecule has 1 aliphatic carbocycles. The van der Waals surface area contributed by atoms with Crippen LogP contribution < -0.4 is 9.47 Å². The van der Waals surface area contributed by atoms with Crippen molar-refractivity contribution in [3.63, 3.8) is 0 Å². The Bertz CT molecular complexity index is 441. The highest BCUT2D eigenvalue weighted by Crippen LogP contribution is 2.38. The number of ketones is 1.